The number of piperidine rings is 1. The third kappa shape index (κ3) is 3.80. The zero-order chi connectivity index (χ0) is 18.1. The third-order valence-electron chi connectivity index (χ3n) is 7.13. The van der Waals surface area contributed by atoms with Gasteiger partial charge in [0, 0.05) is 25.0 Å². The van der Waals surface area contributed by atoms with Gasteiger partial charge in [0.25, 0.3) is 0 Å². The lowest BCUT2D eigenvalue weighted by Gasteiger charge is -2.45. The Bertz CT molecular complexity index is 610. The Labute approximate surface area is 156 Å². The molecule has 0 spiro atoms. The van der Waals surface area contributed by atoms with Gasteiger partial charge in [-0.15, -0.1) is 0 Å². The molecule has 3 nitrogen and oxygen atoms in total. The van der Waals surface area contributed by atoms with Crippen LogP contribution in [0.4, 0.5) is 4.39 Å². The predicted octanol–water partition coefficient (Wildman–Crippen LogP) is 3.76. The number of halogens is 1. The van der Waals surface area contributed by atoms with Crippen LogP contribution >= 0.6 is 0 Å². The molecule has 0 aromatic heterocycles. The van der Waals surface area contributed by atoms with E-state index >= 15 is 0 Å². The standard InChI is InChI=1S/C22H31FN2O/c23-20-6-4-15(5-7-20)12-16-8-10-25(11-9-16)22(26)19-13-17-2-1-3-18(14-19)21(17)24/h4-7,16-19,21H,1-3,8-14,24H2. The van der Waals surface area contributed by atoms with Gasteiger partial charge in [-0.2, -0.15) is 0 Å². The monoisotopic (exact) mass is 358 g/mol. The molecule has 4 rings (SSSR count). The first kappa shape index (κ1) is 18.0. The number of rotatable bonds is 3. The first-order valence-corrected chi connectivity index (χ1v) is 10.4. The molecule has 1 aliphatic heterocycles. The van der Waals surface area contributed by atoms with E-state index in [1.807, 2.05) is 12.1 Å². The number of fused-ring (bicyclic) bond motifs is 2. The molecule has 3 aliphatic rings. The Hall–Kier alpha value is -1.42. The van der Waals surface area contributed by atoms with Gasteiger partial charge >= 0.3 is 0 Å². The maximum atomic E-state index is 13.0. The molecule has 1 heterocycles. The number of likely N-dealkylation sites (tertiary alicyclic amines) is 1. The number of benzene rings is 1. The maximum absolute atomic E-state index is 13.0. The van der Waals surface area contributed by atoms with E-state index in [1.165, 1.54) is 24.8 Å². The first-order valence-electron chi connectivity index (χ1n) is 10.4. The zero-order valence-corrected chi connectivity index (χ0v) is 15.6. The van der Waals surface area contributed by atoms with E-state index in [1.54, 1.807) is 12.1 Å². The molecule has 2 N–H and O–H groups in total. The van der Waals surface area contributed by atoms with Gasteiger partial charge in [-0.1, -0.05) is 18.6 Å². The summed E-state index contributed by atoms with van der Waals surface area (Å²) in [6.07, 6.45) is 8.83. The highest BCUT2D eigenvalue weighted by atomic mass is 19.1. The van der Waals surface area contributed by atoms with Crippen LogP contribution in [0.3, 0.4) is 0 Å². The fourth-order valence-corrected chi connectivity index (χ4v) is 5.56. The summed E-state index contributed by atoms with van der Waals surface area (Å²) in [5.74, 6) is 2.14. The largest absolute Gasteiger partial charge is 0.342 e. The summed E-state index contributed by atoms with van der Waals surface area (Å²) >= 11 is 0. The number of carbonyl (C=O) groups is 1. The first-order chi connectivity index (χ1) is 12.6. The lowest BCUT2D eigenvalue weighted by atomic mass is 9.65. The topological polar surface area (TPSA) is 46.3 Å². The molecule has 3 fully saturated rings. The van der Waals surface area contributed by atoms with Crippen LogP contribution in [-0.2, 0) is 11.2 Å². The van der Waals surface area contributed by atoms with Crippen molar-refractivity contribution in [3.05, 3.63) is 35.6 Å². The smallest absolute Gasteiger partial charge is 0.225 e. The van der Waals surface area contributed by atoms with E-state index in [2.05, 4.69) is 4.90 Å². The van der Waals surface area contributed by atoms with Gasteiger partial charge in [0.15, 0.2) is 0 Å². The van der Waals surface area contributed by atoms with Crippen molar-refractivity contribution in [3.8, 4) is 0 Å². The molecular weight excluding hydrogens is 327 g/mol. The summed E-state index contributed by atoms with van der Waals surface area (Å²) in [6.45, 7) is 1.76. The molecule has 2 atom stereocenters. The van der Waals surface area contributed by atoms with Gasteiger partial charge in [0.05, 0.1) is 0 Å². The quantitative estimate of drug-likeness (QED) is 0.894. The van der Waals surface area contributed by atoms with E-state index in [0.29, 0.717) is 29.7 Å². The van der Waals surface area contributed by atoms with Crippen molar-refractivity contribution in [2.75, 3.05) is 13.1 Å². The Morgan fingerprint density at radius 3 is 2.27 bits per heavy atom. The van der Waals surface area contributed by atoms with Crippen LogP contribution < -0.4 is 5.73 Å². The molecule has 2 saturated carbocycles. The van der Waals surface area contributed by atoms with Crippen LogP contribution in [0.1, 0.15) is 50.5 Å². The van der Waals surface area contributed by atoms with E-state index in [9.17, 15) is 9.18 Å². The summed E-state index contributed by atoms with van der Waals surface area (Å²) in [7, 11) is 0. The Balaban J connectivity index is 1.29. The fraction of sp³-hybridized carbons (Fsp3) is 0.682. The number of nitrogens with zero attached hydrogens (tertiary/aromatic N) is 1. The molecule has 0 radical (unpaired) electrons. The second kappa shape index (κ2) is 7.67. The lowest BCUT2D eigenvalue weighted by Crippen LogP contribution is -2.50. The molecule has 142 valence electrons. The Morgan fingerprint density at radius 1 is 1.04 bits per heavy atom. The van der Waals surface area contributed by atoms with E-state index in [-0.39, 0.29) is 11.7 Å². The molecular formula is C22H31FN2O. The normalized spacial score (nSPS) is 32.5. The van der Waals surface area contributed by atoms with Crippen molar-refractivity contribution in [2.45, 2.75) is 57.4 Å². The molecule has 1 aromatic carbocycles. The SMILES string of the molecule is NC1C2CCCC1CC(C(=O)N1CCC(Cc3ccc(F)cc3)CC1)C2. The van der Waals surface area contributed by atoms with Gasteiger partial charge in [0.2, 0.25) is 5.91 Å². The molecule has 26 heavy (non-hydrogen) atoms. The minimum Gasteiger partial charge on any atom is -0.342 e. The summed E-state index contributed by atoms with van der Waals surface area (Å²) < 4.78 is 13.0. The summed E-state index contributed by atoms with van der Waals surface area (Å²) in [4.78, 5) is 15.1. The minimum absolute atomic E-state index is 0.175. The van der Waals surface area contributed by atoms with E-state index < -0.39 is 0 Å². The summed E-state index contributed by atoms with van der Waals surface area (Å²) in [5.41, 5.74) is 7.58. The lowest BCUT2D eigenvalue weighted by molar-refractivity contribution is -0.140. The molecule has 1 aromatic rings. The average Bonchev–Trinajstić information content (AvgIpc) is 2.63. The van der Waals surface area contributed by atoms with Crippen LogP contribution in [0.25, 0.3) is 0 Å². The van der Waals surface area contributed by atoms with Crippen molar-refractivity contribution in [3.63, 3.8) is 0 Å². The maximum Gasteiger partial charge on any atom is 0.225 e. The van der Waals surface area contributed by atoms with Gasteiger partial charge in [-0.05, 0) is 80.4 Å². The van der Waals surface area contributed by atoms with Gasteiger partial charge in [-0.3, -0.25) is 4.79 Å². The van der Waals surface area contributed by atoms with Crippen molar-refractivity contribution in [1.82, 2.24) is 4.90 Å². The van der Waals surface area contributed by atoms with Crippen LogP contribution in [-0.4, -0.2) is 29.9 Å². The minimum atomic E-state index is -0.175. The highest BCUT2D eigenvalue weighted by Gasteiger charge is 2.41. The highest BCUT2D eigenvalue weighted by Crippen LogP contribution is 2.42. The van der Waals surface area contributed by atoms with Crippen LogP contribution in [0, 0.1) is 29.5 Å². The number of amides is 1. The third-order valence-corrected chi connectivity index (χ3v) is 7.13. The predicted molar refractivity (Wildman–Crippen MR) is 101 cm³/mol. The number of hydrogen-bond acceptors (Lipinski definition) is 2. The molecule has 2 bridgehead atoms. The number of carbonyl (C=O) groups excluding carboxylic acids is 1. The van der Waals surface area contributed by atoms with Crippen molar-refractivity contribution in [2.24, 2.45) is 29.4 Å². The van der Waals surface area contributed by atoms with Crippen molar-refractivity contribution in [1.29, 1.82) is 0 Å². The van der Waals surface area contributed by atoms with E-state index in [0.717, 1.165) is 45.2 Å². The van der Waals surface area contributed by atoms with Crippen molar-refractivity contribution >= 4 is 5.91 Å². The van der Waals surface area contributed by atoms with Gasteiger partial charge in [-0.25, -0.2) is 4.39 Å². The second-order valence-electron chi connectivity index (χ2n) is 8.80. The highest BCUT2D eigenvalue weighted by molar-refractivity contribution is 5.79. The summed E-state index contributed by atoms with van der Waals surface area (Å²) in [6, 6.07) is 7.18. The molecule has 4 heteroatoms. The van der Waals surface area contributed by atoms with Crippen LogP contribution in [0.5, 0.6) is 0 Å². The van der Waals surface area contributed by atoms with Crippen molar-refractivity contribution < 1.29 is 9.18 Å². The summed E-state index contributed by atoms with van der Waals surface area (Å²) in [5, 5.41) is 0. The fourth-order valence-electron chi connectivity index (χ4n) is 5.56. The molecule has 1 amide bonds. The molecule has 2 unspecified atom stereocenters. The number of nitrogens with two attached hydrogens (primary N) is 1. The van der Waals surface area contributed by atoms with Crippen LogP contribution in [0.2, 0.25) is 0 Å². The molecule has 1 saturated heterocycles. The average molecular weight is 359 g/mol. The van der Waals surface area contributed by atoms with E-state index in [4.69, 9.17) is 5.73 Å². The second-order valence-corrected chi connectivity index (χ2v) is 8.80. The zero-order valence-electron chi connectivity index (χ0n) is 15.6. The Kier molecular flexibility index (Phi) is 5.30. The number of hydrogen-bond donors (Lipinski definition) is 1. The van der Waals surface area contributed by atoms with Crippen LogP contribution in [0.15, 0.2) is 24.3 Å². The molecule has 2 aliphatic carbocycles. The van der Waals surface area contributed by atoms with Gasteiger partial charge in [0.1, 0.15) is 5.82 Å². The van der Waals surface area contributed by atoms with Gasteiger partial charge < -0.3 is 10.6 Å². The Morgan fingerprint density at radius 2 is 1.65 bits per heavy atom.